The van der Waals surface area contributed by atoms with Gasteiger partial charge in [0.15, 0.2) is 0 Å². The number of nitrogens with one attached hydrogen (secondary N) is 1. The second kappa shape index (κ2) is 6.03. The molecule has 1 aromatic heterocycles. The van der Waals surface area contributed by atoms with Gasteiger partial charge in [-0.3, -0.25) is 0 Å². The molecular weight excluding hydrogens is 242 g/mol. The fourth-order valence-electron chi connectivity index (χ4n) is 2.13. The van der Waals surface area contributed by atoms with Gasteiger partial charge in [-0.1, -0.05) is 29.8 Å². The van der Waals surface area contributed by atoms with Crippen molar-refractivity contribution in [3.05, 3.63) is 51.7 Å². The van der Waals surface area contributed by atoms with Crippen LogP contribution in [0.1, 0.15) is 22.0 Å². The summed E-state index contributed by atoms with van der Waals surface area (Å²) in [6.07, 6.45) is 0.981. The quantitative estimate of drug-likeness (QED) is 0.888. The number of benzene rings is 1. The summed E-state index contributed by atoms with van der Waals surface area (Å²) < 4.78 is 5.40. The van der Waals surface area contributed by atoms with Gasteiger partial charge in [-0.2, -0.15) is 0 Å². The average Bonchev–Trinajstić information content (AvgIpc) is 2.84. The van der Waals surface area contributed by atoms with Crippen LogP contribution in [0.5, 0.6) is 5.75 Å². The Labute approximate surface area is 113 Å². The summed E-state index contributed by atoms with van der Waals surface area (Å²) in [5, 5.41) is 5.46. The van der Waals surface area contributed by atoms with Gasteiger partial charge in [0.25, 0.3) is 0 Å². The van der Waals surface area contributed by atoms with Gasteiger partial charge >= 0.3 is 0 Å². The maximum absolute atomic E-state index is 5.40. The van der Waals surface area contributed by atoms with E-state index >= 15 is 0 Å². The smallest absolute Gasteiger partial charge is 0.134 e. The van der Waals surface area contributed by atoms with Gasteiger partial charge < -0.3 is 10.1 Å². The van der Waals surface area contributed by atoms with Crippen molar-refractivity contribution in [2.24, 2.45) is 0 Å². The highest BCUT2D eigenvalue weighted by atomic mass is 32.1. The van der Waals surface area contributed by atoms with Gasteiger partial charge in [-0.05, 0) is 37.4 Å². The molecule has 1 atom stereocenters. The van der Waals surface area contributed by atoms with Crippen LogP contribution in [-0.4, -0.2) is 14.2 Å². The van der Waals surface area contributed by atoms with Gasteiger partial charge in [0.2, 0.25) is 0 Å². The molecule has 1 unspecified atom stereocenters. The summed E-state index contributed by atoms with van der Waals surface area (Å²) in [5.74, 6) is 0.979. The fraction of sp³-hybridized carbons (Fsp3) is 0.333. The van der Waals surface area contributed by atoms with Crippen LogP contribution in [0.4, 0.5) is 0 Å². The zero-order valence-corrected chi connectivity index (χ0v) is 11.9. The molecule has 96 valence electrons. The monoisotopic (exact) mass is 261 g/mol. The lowest BCUT2D eigenvalue weighted by Crippen LogP contribution is -2.18. The minimum atomic E-state index is 0.307. The Morgan fingerprint density at radius 1 is 1.33 bits per heavy atom. The van der Waals surface area contributed by atoms with E-state index in [-0.39, 0.29) is 0 Å². The van der Waals surface area contributed by atoms with Gasteiger partial charge in [0, 0.05) is 6.04 Å². The molecule has 0 saturated carbocycles. The Bertz CT molecular complexity index is 507. The number of rotatable bonds is 5. The SMILES string of the molecule is CNC(Cc1cccc(C)c1)c1sccc1OC. The third kappa shape index (κ3) is 2.92. The molecule has 0 aliphatic heterocycles. The van der Waals surface area contributed by atoms with E-state index in [1.165, 1.54) is 16.0 Å². The van der Waals surface area contributed by atoms with Gasteiger partial charge in [0.1, 0.15) is 5.75 Å². The molecule has 0 bridgehead atoms. The van der Waals surface area contributed by atoms with E-state index in [4.69, 9.17) is 4.74 Å². The maximum Gasteiger partial charge on any atom is 0.134 e. The molecule has 0 spiro atoms. The van der Waals surface area contributed by atoms with Crippen molar-refractivity contribution in [2.75, 3.05) is 14.2 Å². The Morgan fingerprint density at radius 3 is 2.83 bits per heavy atom. The van der Waals surface area contributed by atoms with Gasteiger partial charge in [-0.15, -0.1) is 11.3 Å². The molecule has 2 rings (SSSR count). The Balaban J connectivity index is 2.20. The van der Waals surface area contributed by atoms with Gasteiger partial charge in [0.05, 0.1) is 12.0 Å². The fourth-order valence-corrected chi connectivity index (χ4v) is 3.10. The Kier molecular flexibility index (Phi) is 4.39. The highest BCUT2D eigenvalue weighted by Crippen LogP contribution is 2.32. The lowest BCUT2D eigenvalue weighted by atomic mass is 10.0. The third-order valence-corrected chi connectivity index (χ3v) is 4.08. The molecule has 1 heterocycles. The number of thiophene rings is 1. The molecule has 0 aliphatic rings. The largest absolute Gasteiger partial charge is 0.496 e. The van der Waals surface area contributed by atoms with E-state index in [0.717, 1.165) is 12.2 Å². The number of methoxy groups -OCH3 is 1. The minimum Gasteiger partial charge on any atom is -0.496 e. The van der Waals surface area contributed by atoms with Crippen molar-refractivity contribution in [3.63, 3.8) is 0 Å². The van der Waals surface area contributed by atoms with Crippen LogP contribution in [0.15, 0.2) is 35.7 Å². The lowest BCUT2D eigenvalue weighted by Gasteiger charge is -2.16. The molecule has 3 heteroatoms. The third-order valence-electron chi connectivity index (χ3n) is 3.06. The molecule has 0 fully saturated rings. The summed E-state index contributed by atoms with van der Waals surface area (Å²) in [4.78, 5) is 1.27. The lowest BCUT2D eigenvalue weighted by molar-refractivity contribution is 0.405. The summed E-state index contributed by atoms with van der Waals surface area (Å²) >= 11 is 1.74. The predicted molar refractivity (Wildman–Crippen MR) is 77.6 cm³/mol. The molecule has 1 N–H and O–H groups in total. The standard InChI is InChI=1S/C15H19NOS/c1-11-5-4-6-12(9-11)10-13(16-2)15-14(17-3)7-8-18-15/h4-9,13,16H,10H2,1-3H3. The molecule has 2 nitrogen and oxygen atoms in total. The van der Waals surface area contributed by atoms with Crippen molar-refractivity contribution in [1.29, 1.82) is 0 Å². The van der Waals surface area contributed by atoms with Crippen LogP contribution in [0.2, 0.25) is 0 Å². The van der Waals surface area contributed by atoms with Crippen LogP contribution >= 0.6 is 11.3 Å². The van der Waals surface area contributed by atoms with Crippen molar-refractivity contribution >= 4 is 11.3 Å². The molecule has 0 aliphatic carbocycles. The van der Waals surface area contributed by atoms with Crippen LogP contribution in [0.25, 0.3) is 0 Å². The first kappa shape index (κ1) is 13.1. The molecule has 0 radical (unpaired) electrons. The van der Waals surface area contributed by atoms with E-state index in [9.17, 15) is 0 Å². The van der Waals surface area contributed by atoms with Crippen LogP contribution in [-0.2, 0) is 6.42 Å². The summed E-state index contributed by atoms with van der Waals surface area (Å²) in [6, 6.07) is 11.0. The Hall–Kier alpha value is -1.32. The number of ether oxygens (including phenoxy) is 1. The zero-order valence-electron chi connectivity index (χ0n) is 11.1. The predicted octanol–water partition coefficient (Wildman–Crippen LogP) is 3.57. The van der Waals surface area contributed by atoms with E-state index in [0.29, 0.717) is 6.04 Å². The molecule has 0 amide bonds. The first-order valence-corrected chi connectivity index (χ1v) is 6.96. The van der Waals surface area contributed by atoms with E-state index in [1.807, 2.05) is 13.1 Å². The van der Waals surface area contributed by atoms with E-state index in [2.05, 4.69) is 41.9 Å². The van der Waals surface area contributed by atoms with Gasteiger partial charge in [-0.25, -0.2) is 0 Å². The molecule has 0 saturated heterocycles. The molecular formula is C15H19NOS. The normalized spacial score (nSPS) is 12.4. The van der Waals surface area contributed by atoms with Crippen molar-refractivity contribution < 1.29 is 4.74 Å². The van der Waals surface area contributed by atoms with Crippen molar-refractivity contribution in [3.8, 4) is 5.75 Å². The first-order valence-electron chi connectivity index (χ1n) is 6.08. The second-order valence-electron chi connectivity index (χ2n) is 4.39. The van der Waals surface area contributed by atoms with E-state index < -0.39 is 0 Å². The first-order chi connectivity index (χ1) is 8.74. The molecule has 18 heavy (non-hydrogen) atoms. The highest BCUT2D eigenvalue weighted by molar-refractivity contribution is 7.10. The van der Waals surface area contributed by atoms with Crippen molar-refractivity contribution in [2.45, 2.75) is 19.4 Å². The van der Waals surface area contributed by atoms with Crippen molar-refractivity contribution in [1.82, 2.24) is 5.32 Å². The number of aryl methyl sites for hydroxylation is 1. The molecule has 2 aromatic rings. The van der Waals surface area contributed by atoms with Crippen LogP contribution in [0.3, 0.4) is 0 Å². The summed E-state index contributed by atoms with van der Waals surface area (Å²) in [7, 11) is 3.73. The number of hydrogen-bond acceptors (Lipinski definition) is 3. The summed E-state index contributed by atoms with van der Waals surface area (Å²) in [5.41, 5.74) is 2.66. The maximum atomic E-state index is 5.40. The topological polar surface area (TPSA) is 21.3 Å². The minimum absolute atomic E-state index is 0.307. The second-order valence-corrected chi connectivity index (χ2v) is 5.34. The highest BCUT2D eigenvalue weighted by Gasteiger charge is 2.16. The Morgan fingerprint density at radius 2 is 2.17 bits per heavy atom. The number of hydrogen-bond donors (Lipinski definition) is 1. The van der Waals surface area contributed by atoms with E-state index in [1.54, 1.807) is 18.4 Å². The average molecular weight is 261 g/mol. The molecule has 1 aromatic carbocycles. The zero-order chi connectivity index (χ0) is 13.0. The summed E-state index contributed by atoms with van der Waals surface area (Å²) in [6.45, 7) is 2.13. The number of likely N-dealkylation sites (N-methyl/N-ethyl adjacent to an activating group) is 1. The van der Waals surface area contributed by atoms with Crippen LogP contribution in [0, 0.1) is 6.92 Å². The van der Waals surface area contributed by atoms with Crippen LogP contribution < -0.4 is 10.1 Å².